The van der Waals surface area contributed by atoms with Crippen LogP contribution in [0.4, 0.5) is 0 Å². The number of nitrogens with two attached hydrogens (primary N) is 1. The lowest BCUT2D eigenvalue weighted by Gasteiger charge is -2.18. The molecule has 1 aromatic carbocycles. The van der Waals surface area contributed by atoms with Gasteiger partial charge < -0.3 is 16.3 Å². The normalized spacial score (nSPS) is 15.8. The average Bonchev–Trinajstić information content (AvgIpc) is 2.29. The molecule has 0 bridgehead atoms. The molecule has 0 spiro atoms. The number of benzene rings is 1. The second kappa shape index (κ2) is 6.12. The highest BCUT2D eigenvalue weighted by Crippen LogP contribution is 2.03. The maximum atomic E-state index is 8.53. The van der Waals surface area contributed by atoms with Gasteiger partial charge in [-0.25, -0.2) is 0 Å². The highest BCUT2D eigenvalue weighted by molar-refractivity contribution is 5.84. The Balaban J connectivity index is 2.45. The topological polar surface area (TPSA) is 70.6 Å². The van der Waals surface area contributed by atoms with Gasteiger partial charge in [0.2, 0.25) is 0 Å². The van der Waals surface area contributed by atoms with Gasteiger partial charge in [0.05, 0.1) is 6.04 Å². The molecule has 16 heavy (non-hydrogen) atoms. The minimum Gasteiger partial charge on any atom is -0.409 e. The molecule has 0 aromatic heterocycles. The van der Waals surface area contributed by atoms with Gasteiger partial charge in [-0.15, -0.1) is 0 Å². The average molecular weight is 221 g/mol. The predicted octanol–water partition coefficient (Wildman–Crippen LogP) is 1.34. The van der Waals surface area contributed by atoms with E-state index in [1.807, 2.05) is 25.1 Å². The van der Waals surface area contributed by atoms with Gasteiger partial charge in [-0.3, -0.25) is 0 Å². The molecular weight excluding hydrogens is 202 g/mol. The molecule has 88 valence electrons. The maximum Gasteiger partial charge on any atom is 0.156 e. The summed E-state index contributed by atoms with van der Waals surface area (Å²) in [5, 5.41) is 14.8. The lowest BCUT2D eigenvalue weighted by Crippen LogP contribution is -2.44. The molecule has 0 aliphatic carbocycles. The quantitative estimate of drug-likeness (QED) is 0.304. The van der Waals surface area contributed by atoms with E-state index in [1.165, 1.54) is 5.56 Å². The molecule has 0 amide bonds. The van der Waals surface area contributed by atoms with Crippen molar-refractivity contribution in [1.82, 2.24) is 5.32 Å². The third-order valence-corrected chi connectivity index (χ3v) is 2.48. The van der Waals surface area contributed by atoms with E-state index >= 15 is 0 Å². The Kier molecular flexibility index (Phi) is 4.79. The van der Waals surface area contributed by atoms with Gasteiger partial charge in [-0.1, -0.05) is 35.5 Å². The SMILES string of the molecule is CC(Cc1ccccc1)NC(C)C(N)=NO. The summed E-state index contributed by atoms with van der Waals surface area (Å²) >= 11 is 0. The van der Waals surface area contributed by atoms with Gasteiger partial charge in [-0.2, -0.15) is 0 Å². The van der Waals surface area contributed by atoms with Crippen LogP contribution in [0.15, 0.2) is 35.5 Å². The number of oxime groups is 1. The van der Waals surface area contributed by atoms with Crippen LogP contribution >= 0.6 is 0 Å². The zero-order chi connectivity index (χ0) is 12.0. The molecule has 1 rings (SSSR count). The second-order valence-electron chi connectivity index (χ2n) is 4.00. The molecule has 0 aliphatic heterocycles. The van der Waals surface area contributed by atoms with Crippen LogP contribution in [0.5, 0.6) is 0 Å². The van der Waals surface area contributed by atoms with Crippen LogP contribution in [0.1, 0.15) is 19.4 Å². The largest absolute Gasteiger partial charge is 0.409 e. The van der Waals surface area contributed by atoms with E-state index < -0.39 is 0 Å². The fourth-order valence-corrected chi connectivity index (χ4v) is 1.63. The Labute approximate surface area is 96.2 Å². The van der Waals surface area contributed by atoms with Crippen LogP contribution in [-0.2, 0) is 6.42 Å². The molecule has 0 saturated carbocycles. The van der Waals surface area contributed by atoms with Gasteiger partial charge in [0.25, 0.3) is 0 Å². The second-order valence-corrected chi connectivity index (χ2v) is 4.00. The first-order chi connectivity index (χ1) is 7.63. The molecule has 0 heterocycles. The zero-order valence-corrected chi connectivity index (χ0v) is 9.72. The van der Waals surface area contributed by atoms with Crippen LogP contribution in [0.3, 0.4) is 0 Å². The highest BCUT2D eigenvalue weighted by atomic mass is 16.4. The van der Waals surface area contributed by atoms with Crippen LogP contribution in [0.25, 0.3) is 0 Å². The highest BCUT2D eigenvalue weighted by Gasteiger charge is 2.11. The monoisotopic (exact) mass is 221 g/mol. The summed E-state index contributed by atoms with van der Waals surface area (Å²) < 4.78 is 0. The first-order valence-corrected chi connectivity index (χ1v) is 5.41. The summed E-state index contributed by atoms with van der Waals surface area (Å²) in [4.78, 5) is 0. The zero-order valence-electron chi connectivity index (χ0n) is 9.72. The van der Waals surface area contributed by atoms with Crippen LogP contribution in [0, 0.1) is 0 Å². The van der Waals surface area contributed by atoms with E-state index in [9.17, 15) is 0 Å². The first-order valence-electron chi connectivity index (χ1n) is 5.41. The first kappa shape index (κ1) is 12.5. The Morgan fingerprint density at radius 1 is 1.38 bits per heavy atom. The molecule has 0 aliphatic rings. The maximum absolute atomic E-state index is 8.53. The molecule has 1 aromatic rings. The fourth-order valence-electron chi connectivity index (χ4n) is 1.63. The lowest BCUT2D eigenvalue weighted by atomic mass is 10.1. The van der Waals surface area contributed by atoms with Gasteiger partial charge in [0.1, 0.15) is 0 Å². The van der Waals surface area contributed by atoms with Crippen molar-refractivity contribution in [3.8, 4) is 0 Å². The fraction of sp³-hybridized carbons (Fsp3) is 0.417. The number of nitrogens with one attached hydrogen (secondary N) is 1. The molecule has 2 unspecified atom stereocenters. The smallest absolute Gasteiger partial charge is 0.156 e. The summed E-state index contributed by atoms with van der Waals surface area (Å²) in [6.45, 7) is 3.95. The summed E-state index contributed by atoms with van der Waals surface area (Å²) in [5.41, 5.74) is 6.77. The molecule has 0 saturated heterocycles. The van der Waals surface area contributed by atoms with Crippen LogP contribution in [0.2, 0.25) is 0 Å². The number of rotatable bonds is 5. The summed E-state index contributed by atoms with van der Waals surface area (Å²) in [6.07, 6.45) is 0.921. The minimum absolute atomic E-state index is 0.122. The van der Waals surface area contributed by atoms with Gasteiger partial charge in [0.15, 0.2) is 5.84 Å². The Hall–Kier alpha value is -1.55. The molecule has 4 heteroatoms. The number of nitrogens with zero attached hydrogens (tertiary/aromatic N) is 1. The Morgan fingerprint density at radius 2 is 2.00 bits per heavy atom. The van der Waals surface area contributed by atoms with Crippen LogP contribution < -0.4 is 11.1 Å². The summed E-state index contributed by atoms with van der Waals surface area (Å²) in [6, 6.07) is 10.4. The van der Waals surface area contributed by atoms with Crippen molar-refractivity contribution in [3.63, 3.8) is 0 Å². The predicted molar refractivity (Wildman–Crippen MR) is 65.6 cm³/mol. The van der Waals surface area contributed by atoms with Crippen molar-refractivity contribution < 1.29 is 5.21 Å². The summed E-state index contributed by atoms with van der Waals surface area (Å²) in [5.74, 6) is 0.208. The van der Waals surface area contributed by atoms with Crippen LogP contribution in [-0.4, -0.2) is 23.1 Å². The van der Waals surface area contributed by atoms with E-state index in [2.05, 4.69) is 29.5 Å². The molecule has 4 nitrogen and oxygen atoms in total. The van der Waals surface area contributed by atoms with E-state index in [0.29, 0.717) is 0 Å². The van der Waals surface area contributed by atoms with Crippen molar-refractivity contribution >= 4 is 5.84 Å². The lowest BCUT2D eigenvalue weighted by molar-refractivity contribution is 0.314. The molecule has 2 atom stereocenters. The van der Waals surface area contributed by atoms with Gasteiger partial charge in [0, 0.05) is 6.04 Å². The Bertz CT molecular complexity index is 337. The molecular formula is C12H19N3O. The molecule has 0 fully saturated rings. The van der Waals surface area contributed by atoms with Crippen molar-refractivity contribution in [1.29, 1.82) is 0 Å². The minimum atomic E-state index is -0.122. The van der Waals surface area contributed by atoms with Gasteiger partial charge >= 0.3 is 0 Å². The third-order valence-electron chi connectivity index (χ3n) is 2.48. The standard InChI is InChI=1S/C12H19N3O/c1-9(14-10(2)12(13)15-16)8-11-6-4-3-5-7-11/h3-7,9-10,14,16H,8H2,1-2H3,(H2,13,15). The Morgan fingerprint density at radius 3 is 2.56 bits per heavy atom. The molecule has 4 N–H and O–H groups in total. The number of hydrogen-bond acceptors (Lipinski definition) is 3. The van der Waals surface area contributed by atoms with Crippen molar-refractivity contribution in [2.45, 2.75) is 32.4 Å². The third kappa shape index (κ3) is 3.90. The van der Waals surface area contributed by atoms with Gasteiger partial charge in [-0.05, 0) is 25.8 Å². The van der Waals surface area contributed by atoms with E-state index in [4.69, 9.17) is 10.9 Å². The van der Waals surface area contributed by atoms with E-state index in [1.54, 1.807) is 0 Å². The van der Waals surface area contributed by atoms with Crippen molar-refractivity contribution in [3.05, 3.63) is 35.9 Å². The van der Waals surface area contributed by atoms with E-state index in [0.717, 1.165) is 6.42 Å². The summed E-state index contributed by atoms with van der Waals surface area (Å²) in [7, 11) is 0. The van der Waals surface area contributed by atoms with Crippen molar-refractivity contribution in [2.75, 3.05) is 0 Å². The van der Waals surface area contributed by atoms with Crippen molar-refractivity contribution in [2.24, 2.45) is 10.9 Å². The molecule has 0 radical (unpaired) electrons. The number of hydrogen-bond donors (Lipinski definition) is 3. The van der Waals surface area contributed by atoms with E-state index in [-0.39, 0.29) is 17.9 Å². The number of amidine groups is 1.